The molecule has 1 fully saturated rings. The molecule has 0 spiro atoms. The molecule has 1 saturated heterocycles. The molecular formula is C17H17F2N3O3. The largest absolute Gasteiger partial charge is 0.478 e. The lowest BCUT2D eigenvalue weighted by Crippen LogP contribution is -2.46. The van der Waals surface area contributed by atoms with E-state index in [1.54, 1.807) is 6.07 Å². The van der Waals surface area contributed by atoms with Gasteiger partial charge in [0.2, 0.25) is 0 Å². The minimum Gasteiger partial charge on any atom is -0.478 e. The second-order valence-corrected chi connectivity index (χ2v) is 5.98. The predicted molar refractivity (Wildman–Crippen MR) is 84.4 cm³/mol. The van der Waals surface area contributed by atoms with Crippen LogP contribution in [0.3, 0.4) is 0 Å². The van der Waals surface area contributed by atoms with Gasteiger partial charge in [-0.15, -0.1) is 0 Å². The molecule has 0 aliphatic carbocycles. The number of piperidine rings is 1. The molecule has 1 amide bonds. The van der Waals surface area contributed by atoms with Gasteiger partial charge in [0, 0.05) is 24.8 Å². The Labute approximate surface area is 142 Å². The SMILES string of the molecule is O=C(O)c1cnn(C2CCN(C(=O)C(F)(F)c3ccccc3)CC2)c1. The van der Waals surface area contributed by atoms with Crippen LogP contribution in [0.1, 0.15) is 34.8 Å². The van der Waals surface area contributed by atoms with E-state index < -0.39 is 17.8 Å². The molecule has 0 radical (unpaired) electrons. The number of amides is 1. The first-order valence-electron chi connectivity index (χ1n) is 7.90. The molecule has 0 saturated carbocycles. The molecule has 8 heteroatoms. The summed E-state index contributed by atoms with van der Waals surface area (Å²) in [6.45, 7) is 0.350. The fraction of sp³-hybridized carbons (Fsp3) is 0.353. The van der Waals surface area contributed by atoms with E-state index >= 15 is 0 Å². The van der Waals surface area contributed by atoms with E-state index in [9.17, 15) is 18.4 Å². The number of aromatic nitrogens is 2. The van der Waals surface area contributed by atoms with E-state index in [4.69, 9.17) is 5.11 Å². The summed E-state index contributed by atoms with van der Waals surface area (Å²) in [6.07, 6.45) is 3.56. The number of halogens is 2. The third kappa shape index (κ3) is 3.38. The van der Waals surface area contributed by atoms with Gasteiger partial charge in [-0.3, -0.25) is 9.48 Å². The Morgan fingerprint density at radius 3 is 2.36 bits per heavy atom. The lowest BCUT2D eigenvalue weighted by atomic mass is 10.0. The summed E-state index contributed by atoms with van der Waals surface area (Å²) >= 11 is 0. The first-order valence-corrected chi connectivity index (χ1v) is 7.90. The Morgan fingerprint density at radius 2 is 1.80 bits per heavy atom. The van der Waals surface area contributed by atoms with Crippen molar-refractivity contribution >= 4 is 11.9 Å². The zero-order valence-corrected chi connectivity index (χ0v) is 13.3. The molecule has 2 heterocycles. The van der Waals surface area contributed by atoms with E-state index in [0.29, 0.717) is 12.8 Å². The van der Waals surface area contributed by atoms with Gasteiger partial charge in [0.15, 0.2) is 0 Å². The van der Waals surface area contributed by atoms with Crippen molar-refractivity contribution in [2.24, 2.45) is 0 Å². The van der Waals surface area contributed by atoms with Crippen molar-refractivity contribution in [1.29, 1.82) is 0 Å². The van der Waals surface area contributed by atoms with Crippen molar-refractivity contribution in [1.82, 2.24) is 14.7 Å². The fourth-order valence-corrected chi connectivity index (χ4v) is 2.95. The van der Waals surface area contributed by atoms with Crippen LogP contribution < -0.4 is 0 Å². The van der Waals surface area contributed by atoms with Crippen molar-refractivity contribution in [3.05, 3.63) is 53.9 Å². The maximum Gasteiger partial charge on any atom is 0.349 e. The Kier molecular flexibility index (Phi) is 4.52. The molecule has 6 nitrogen and oxygen atoms in total. The number of rotatable bonds is 4. The zero-order valence-electron chi connectivity index (χ0n) is 13.3. The van der Waals surface area contributed by atoms with Crippen LogP contribution in [-0.4, -0.2) is 44.8 Å². The number of carboxylic acids is 1. The summed E-state index contributed by atoms with van der Waals surface area (Å²) in [4.78, 5) is 24.3. The van der Waals surface area contributed by atoms with Crippen LogP contribution in [0.5, 0.6) is 0 Å². The highest BCUT2D eigenvalue weighted by Crippen LogP contribution is 2.32. The van der Waals surface area contributed by atoms with Gasteiger partial charge in [-0.2, -0.15) is 13.9 Å². The van der Waals surface area contributed by atoms with Crippen molar-refractivity contribution in [3.63, 3.8) is 0 Å². The zero-order chi connectivity index (χ0) is 18.0. The molecule has 0 unspecified atom stereocenters. The average Bonchev–Trinajstić information content (AvgIpc) is 3.12. The Balaban J connectivity index is 1.65. The van der Waals surface area contributed by atoms with Crippen molar-refractivity contribution < 1.29 is 23.5 Å². The number of carboxylic acid groups (broad SMARTS) is 1. The molecule has 1 aliphatic heterocycles. The molecule has 1 N–H and O–H groups in total. The van der Waals surface area contributed by atoms with Crippen LogP contribution in [0, 0.1) is 0 Å². The maximum absolute atomic E-state index is 14.4. The minimum atomic E-state index is -3.56. The lowest BCUT2D eigenvalue weighted by molar-refractivity contribution is -0.160. The predicted octanol–water partition coefficient (Wildman–Crippen LogP) is 2.54. The number of aromatic carboxylic acids is 1. The summed E-state index contributed by atoms with van der Waals surface area (Å²) in [6, 6.07) is 6.93. The van der Waals surface area contributed by atoms with E-state index in [-0.39, 0.29) is 30.3 Å². The second kappa shape index (κ2) is 6.62. The maximum atomic E-state index is 14.4. The average molecular weight is 349 g/mol. The van der Waals surface area contributed by atoms with Crippen LogP contribution in [0.2, 0.25) is 0 Å². The highest BCUT2D eigenvalue weighted by Gasteiger charge is 2.44. The van der Waals surface area contributed by atoms with Gasteiger partial charge < -0.3 is 10.0 Å². The van der Waals surface area contributed by atoms with E-state index in [0.717, 1.165) is 4.90 Å². The van der Waals surface area contributed by atoms with E-state index in [1.165, 1.54) is 41.3 Å². The molecule has 0 bridgehead atoms. The number of benzene rings is 1. The molecule has 2 aromatic rings. The van der Waals surface area contributed by atoms with Gasteiger partial charge in [0.1, 0.15) is 0 Å². The van der Waals surface area contributed by atoms with Gasteiger partial charge in [-0.1, -0.05) is 30.3 Å². The molecule has 1 aromatic heterocycles. The highest BCUT2D eigenvalue weighted by molar-refractivity contribution is 5.87. The minimum absolute atomic E-state index is 0.0779. The number of hydrogen-bond donors (Lipinski definition) is 1. The number of hydrogen-bond acceptors (Lipinski definition) is 3. The number of nitrogens with zero attached hydrogens (tertiary/aromatic N) is 3. The van der Waals surface area contributed by atoms with Crippen LogP contribution in [0.25, 0.3) is 0 Å². The second-order valence-electron chi connectivity index (χ2n) is 5.98. The van der Waals surface area contributed by atoms with E-state index in [1.807, 2.05) is 0 Å². The number of alkyl halides is 2. The molecular weight excluding hydrogens is 332 g/mol. The third-order valence-electron chi connectivity index (χ3n) is 4.38. The lowest BCUT2D eigenvalue weighted by Gasteiger charge is -2.34. The molecule has 1 aromatic carbocycles. The molecule has 3 rings (SSSR count). The summed E-state index contributed by atoms with van der Waals surface area (Å²) in [5.74, 6) is -5.83. The van der Waals surface area contributed by atoms with Crippen LogP contribution >= 0.6 is 0 Å². The number of likely N-dealkylation sites (tertiary alicyclic amines) is 1. The van der Waals surface area contributed by atoms with Crippen LogP contribution in [0.4, 0.5) is 8.78 Å². The van der Waals surface area contributed by atoms with Crippen LogP contribution in [-0.2, 0) is 10.7 Å². The fourth-order valence-electron chi connectivity index (χ4n) is 2.95. The van der Waals surface area contributed by atoms with Gasteiger partial charge in [0.25, 0.3) is 5.91 Å². The summed E-state index contributed by atoms with van der Waals surface area (Å²) in [7, 11) is 0. The van der Waals surface area contributed by atoms with Crippen molar-refractivity contribution in [3.8, 4) is 0 Å². The first kappa shape index (κ1) is 17.1. The summed E-state index contributed by atoms with van der Waals surface area (Å²) in [5, 5.41) is 12.9. The summed E-state index contributed by atoms with van der Waals surface area (Å²) < 4.78 is 30.3. The monoisotopic (exact) mass is 349 g/mol. The molecule has 0 atom stereocenters. The van der Waals surface area contributed by atoms with Gasteiger partial charge in [-0.25, -0.2) is 4.79 Å². The first-order chi connectivity index (χ1) is 11.9. The van der Waals surface area contributed by atoms with Gasteiger partial charge in [-0.05, 0) is 12.8 Å². The quantitative estimate of drug-likeness (QED) is 0.920. The van der Waals surface area contributed by atoms with Crippen molar-refractivity contribution in [2.45, 2.75) is 24.8 Å². The normalized spacial score (nSPS) is 16.0. The molecule has 25 heavy (non-hydrogen) atoms. The molecule has 1 aliphatic rings. The third-order valence-corrected chi connectivity index (χ3v) is 4.38. The number of carbonyl (C=O) groups excluding carboxylic acids is 1. The highest BCUT2D eigenvalue weighted by atomic mass is 19.3. The Hall–Kier alpha value is -2.77. The van der Waals surface area contributed by atoms with Gasteiger partial charge in [0.05, 0.1) is 17.8 Å². The van der Waals surface area contributed by atoms with Crippen LogP contribution in [0.15, 0.2) is 42.7 Å². The van der Waals surface area contributed by atoms with Gasteiger partial charge >= 0.3 is 11.9 Å². The topological polar surface area (TPSA) is 75.4 Å². The summed E-state index contributed by atoms with van der Waals surface area (Å²) in [5.41, 5.74) is -0.241. The Morgan fingerprint density at radius 1 is 1.16 bits per heavy atom. The standard InChI is InChI=1S/C17H17F2N3O3/c18-17(19,13-4-2-1-3-5-13)16(25)21-8-6-14(7-9-21)22-11-12(10-20-22)15(23)24/h1-5,10-11,14H,6-9H2,(H,23,24). The smallest absolute Gasteiger partial charge is 0.349 e. The van der Waals surface area contributed by atoms with E-state index in [2.05, 4.69) is 5.10 Å². The number of carbonyl (C=O) groups is 2. The van der Waals surface area contributed by atoms with Crippen molar-refractivity contribution in [2.75, 3.05) is 13.1 Å². The Bertz CT molecular complexity index is 768. The molecule has 132 valence electrons.